The van der Waals surface area contributed by atoms with Gasteiger partial charge >= 0.3 is 0 Å². The summed E-state index contributed by atoms with van der Waals surface area (Å²) in [6, 6.07) is 76.4. The van der Waals surface area contributed by atoms with E-state index in [0.717, 1.165) is 50.1 Å². The maximum absolute atomic E-state index is 6.86. The summed E-state index contributed by atoms with van der Waals surface area (Å²) >= 11 is 0. The number of hydrogen-bond acceptors (Lipinski definition) is 2. The fourth-order valence-electron chi connectivity index (χ4n) is 8.52. The summed E-state index contributed by atoms with van der Waals surface area (Å²) in [6.45, 7) is 0. The van der Waals surface area contributed by atoms with Crippen molar-refractivity contribution in [2.75, 3.05) is 4.90 Å². The zero-order valence-corrected chi connectivity index (χ0v) is 30.6. The summed E-state index contributed by atoms with van der Waals surface area (Å²) in [5.74, 6) is 0. The molecule has 1 aromatic heterocycles. The van der Waals surface area contributed by atoms with Crippen LogP contribution >= 0.6 is 0 Å². The molecule has 2 nitrogen and oxygen atoms in total. The van der Waals surface area contributed by atoms with Crippen LogP contribution in [0.3, 0.4) is 0 Å². The molecule has 0 aliphatic heterocycles. The Morgan fingerprint density at radius 2 is 0.875 bits per heavy atom. The number of rotatable bonds is 6. The molecule has 1 heterocycles. The molecule has 0 N–H and O–H groups in total. The van der Waals surface area contributed by atoms with E-state index in [0.29, 0.717) is 0 Å². The van der Waals surface area contributed by atoms with Gasteiger partial charge in [-0.25, -0.2) is 0 Å². The molecule has 0 spiro atoms. The molecule has 0 fully saturated rings. The first-order chi connectivity index (χ1) is 27.8. The van der Waals surface area contributed by atoms with Gasteiger partial charge in [0.2, 0.25) is 0 Å². The van der Waals surface area contributed by atoms with E-state index in [1.165, 1.54) is 54.6 Å². The standard InChI is InChI=1S/C54H35NO/c1-2-11-36(12-3-1)37-21-23-38(24-22-37)39-27-29-43(30-28-39)55(44-31-32-47-42(35-44)26-25-41-14-5-6-16-45(41)47)51-34-33-49(48-19-10-15-40-13-4-7-17-46(40)48)54-53(51)50-18-8-9-20-52(50)56-54/h1-35H. The Kier molecular flexibility index (Phi) is 7.53. The zero-order chi connectivity index (χ0) is 37.0. The lowest BCUT2D eigenvalue weighted by Gasteiger charge is -2.27. The molecule has 0 bridgehead atoms. The summed E-state index contributed by atoms with van der Waals surface area (Å²) in [5.41, 5.74) is 12.0. The summed E-state index contributed by atoms with van der Waals surface area (Å²) in [4.78, 5) is 2.40. The number of para-hydroxylation sites is 1. The lowest BCUT2D eigenvalue weighted by molar-refractivity contribution is 0.670. The molecule has 11 aromatic rings. The van der Waals surface area contributed by atoms with Crippen LogP contribution in [0.15, 0.2) is 217 Å². The van der Waals surface area contributed by atoms with E-state index in [1.54, 1.807) is 0 Å². The van der Waals surface area contributed by atoms with E-state index >= 15 is 0 Å². The first-order valence-corrected chi connectivity index (χ1v) is 19.2. The summed E-state index contributed by atoms with van der Waals surface area (Å²) in [6.07, 6.45) is 0. The van der Waals surface area contributed by atoms with E-state index in [1.807, 2.05) is 0 Å². The SMILES string of the molecule is c1ccc(-c2ccc(-c3ccc(N(c4ccc5c(ccc6ccccc65)c4)c4ccc(-c5cccc6ccccc56)c5oc6ccccc6c45)cc3)cc2)cc1. The van der Waals surface area contributed by atoms with Crippen molar-refractivity contribution in [2.45, 2.75) is 0 Å². The molecule has 0 saturated carbocycles. The van der Waals surface area contributed by atoms with Gasteiger partial charge in [-0.3, -0.25) is 0 Å². The highest BCUT2D eigenvalue weighted by Gasteiger charge is 2.23. The highest BCUT2D eigenvalue weighted by Crippen LogP contribution is 2.47. The van der Waals surface area contributed by atoms with E-state index in [4.69, 9.17) is 4.42 Å². The van der Waals surface area contributed by atoms with Gasteiger partial charge in [0, 0.05) is 22.3 Å². The van der Waals surface area contributed by atoms with Crippen molar-refractivity contribution in [3.05, 3.63) is 212 Å². The van der Waals surface area contributed by atoms with Crippen molar-refractivity contribution < 1.29 is 4.42 Å². The van der Waals surface area contributed by atoms with Gasteiger partial charge in [-0.1, -0.05) is 170 Å². The summed E-state index contributed by atoms with van der Waals surface area (Å²) in [7, 11) is 0. The van der Waals surface area contributed by atoms with Gasteiger partial charge in [-0.05, 0) is 103 Å². The molecule has 0 amide bonds. The minimum atomic E-state index is 0.871. The fourth-order valence-corrected chi connectivity index (χ4v) is 8.52. The highest BCUT2D eigenvalue weighted by atomic mass is 16.3. The molecule has 10 aromatic carbocycles. The second-order valence-corrected chi connectivity index (χ2v) is 14.5. The molecule has 56 heavy (non-hydrogen) atoms. The number of benzene rings is 10. The first-order valence-electron chi connectivity index (χ1n) is 19.2. The Morgan fingerprint density at radius 3 is 1.64 bits per heavy atom. The molecule has 0 saturated heterocycles. The van der Waals surface area contributed by atoms with Gasteiger partial charge in [0.15, 0.2) is 0 Å². The Balaban J connectivity index is 1.11. The lowest BCUT2D eigenvalue weighted by atomic mass is 9.95. The monoisotopic (exact) mass is 713 g/mol. The van der Waals surface area contributed by atoms with Crippen molar-refractivity contribution >= 4 is 71.3 Å². The lowest BCUT2D eigenvalue weighted by Crippen LogP contribution is -2.10. The minimum Gasteiger partial charge on any atom is -0.455 e. The van der Waals surface area contributed by atoms with Gasteiger partial charge in [0.25, 0.3) is 0 Å². The molecular formula is C54H35NO. The van der Waals surface area contributed by atoms with E-state index in [9.17, 15) is 0 Å². The Bertz CT molecular complexity index is 3230. The van der Waals surface area contributed by atoms with Crippen LogP contribution in [0.1, 0.15) is 0 Å². The quantitative estimate of drug-likeness (QED) is 0.160. The van der Waals surface area contributed by atoms with Crippen LogP contribution in [-0.4, -0.2) is 0 Å². The second kappa shape index (κ2) is 13.2. The third-order valence-corrected chi connectivity index (χ3v) is 11.3. The van der Waals surface area contributed by atoms with Gasteiger partial charge in [-0.15, -0.1) is 0 Å². The third kappa shape index (κ3) is 5.34. The van der Waals surface area contributed by atoms with Crippen LogP contribution in [0.5, 0.6) is 0 Å². The molecular weight excluding hydrogens is 679 g/mol. The van der Waals surface area contributed by atoms with E-state index in [2.05, 4.69) is 217 Å². The van der Waals surface area contributed by atoms with Crippen LogP contribution in [0.4, 0.5) is 17.1 Å². The van der Waals surface area contributed by atoms with Crippen molar-refractivity contribution in [1.29, 1.82) is 0 Å². The highest BCUT2D eigenvalue weighted by molar-refractivity contribution is 6.19. The van der Waals surface area contributed by atoms with Crippen LogP contribution in [-0.2, 0) is 0 Å². The molecule has 0 aliphatic carbocycles. The van der Waals surface area contributed by atoms with Gasteiger partial charge in [0.1, 0.15) is 11.2 Å². The van der Waals surface area contributed by atoms with Gasteiger partial charge in [0.05, 0.1) is 11.1 Å². The molecule has 0 radical (unpaired) electrons. The van der Waals surface area contributed by atoms with Crippen molar-refractivity contribution in [3.63, 3.8) is 0 Å². The molecule has 0 unspecified atom stereocenters. The van der Waals surface area contributed by atoms with E-state index in [-0.39, 0.29) is 0 Å². The zero-order valence-electron chi connectivity index (χ0n) is 30.6. The number of hydrogen-bond donors (Lipinski definition) is 0. The minimum absolute atomic E-state index is 0.871. The van der Waals surface area contributed by atoms with Crippen LogP contribution in [0.25, 0.3) is 87.6 Å². The van der Waals surface area contributed by atoms with Gasteiger partial charge in [-0.2, -0.15) is 0 Å². The topological polar surface area (TPSA) is 16.4 Å². The third-order valence-electron chi connectivity index (χ3n) is 11.3. The fraction of sp³-hybridized carbons (Fsp3) is 0. The normalized spacial score (nSPS) is 11.6. The van der Waals surface area contributed by atoms with Crippen LogP contribution in [0.2, 0.25) is 0 Å². The Labute approximate surface area is 325 Å². The average Bonchev–Trinajstić information content (AvgIpc) is 3.67. The largest absolute Gasteiger partial charge is 0.455 e. The van der Waals surface area contributed by atoms with Crippen molar-refractivity contribution in [2.24, 2.45) is 0 Å². The average molecular weight is 714 g/mol. The first kappa shape index (κ1) is 32.0. The molecule has 262 valence electrons. The van der Waals surface area contributed by atoms with Crippen molar-refractivity contribution in [1.82, 2.24) is 0 Å². The maximum Gasteiger partial charge on any atom is 0.145 e. The summed E-state index contributed by atoms with van der Waals surface area (Å²) in [5, 5.41) is 9.53. The molecule has 0 atom stereocenters. The van der Waals surface area contributed by atoms with Gasteiger partial charge < -0.3 is 9.32 Å². The Morgan fingerprint density at radius 1 is 0.321 bits per heavy atom. The molecule has 2 heteroatoms. The Hall–Kier alpha value is -7.42. The van der Waals surface area contributed by atoms with E-state index < -0.39 is 0 Å². The smallest absolute Gasteiger partial charge is 0.145 e. The molecule has 11 rings (SSSR count). The predicted molar refractivity (Wildman–Crippen MR) is 237 cm³/mol. The second-order valence-electron chi connectivity index (χ2n) is 14.5. The number of nitrogens with zero attached hydrogens (tertiary/aromatic N) is 1. The van der Waals surface area contributed by atoms with Crippen LogP contribution in [0, 0.1) is 0 Å². The predicted octanol–water partition coefficient (Wildman–Crippen LogP) is 15.5. The number of anilines is 3. The maximum atomic E-state index is 6.86. The number of fused-ring (bicyclic) bond motifs is 7. The van der Waals surface area contributed by atoms with Crippen LogP contribution < -0.4 is 4.90 Å². The summed E-state index contributed by atoms with van der Waals surface area (Å²) < 4.78 is 6.86. The number of furan rings is 1. The molecule has 0 aliphatic rings. The van der Waals surface area contributed by atoms with Crippen molar-refractivity contribution in [3.8, 4) is 33.4 Å².